The van der Waals surface area contributed by atoms with Crippen molar-refractivity contribution in [2.45, 2.75) is 25.0 Å². The number of rotatable bonds is 5. The molecule has 110 valence electrons. The van der Waals surface area contributed by atoms with E-state index in [2.05, 4.69) is 11.8 Å². The van der Waals surface area contributed by atoms with Crippen LogP contribution < -0.4 is 5.73 Å². The SMILES string of the molecule is CC1COC(CO)CN1CC(C(=N)N)c1ccccc1. The lowest BCUT2D eigenvalue weighted by molar-refractivity contribution is -0.0779. The normalized spacial score (nSPS) is 25.3. The van der Waals surface area contributed by atoms with Crippen molar-refractivity contribution in [3.05, 3.63) is 35.9 Å². The molecule has 0 saturated carbocycles. The van der Waals surface area contributed by atoms with E-state index in [1.165, 1.54) is 0 Å². The highest BCUT2D eigenvalue weighted by atomic mass is 16.5. The van der Waals surface area contributed by atoms with Crippen LogP contribution in [0.3, 0.4) is 0 Å². The van der Waals surface area contributed by atoms with Gasteiger partial charge in [0.1, 0.15) is 0 Å². The van der Waals surface area contributed by atoms with Crippen LogP contribution >= 0.6 is 0 Å². The Morgan fingerprint density at radius 3 is 2.80 bits per heavy atom. The molecular formula is C15H23N3O2. The molecule has 20 heavy (non-hydrogen) atoms. The van der Waals surface area contributed by atoms with E-state index < -0.39 is 0 Å². The molecule has 1 heterocycles. The number of aliphatic hydroxyl groups excluding tert-OH is 1. The third-order valence-corrected chi connectivity index (χ3v) is 3.83. The van der Waals surface area contributed by atoms with Gasteiger partial charge in [-0.3, -0.25) is 10.3 Å². The zero-order valence-corrected chi connectivity index (χ0v) is 11.8. The summed E-state index contributed by atoms with van der Waals surface area (Å²) in [5.74, 6) is 0.0616. The van der Waals surface area contributed by atoms with Gasteiger partial charge in [-0.1, -0.05) is 30.3 Å². The first kappa shape index (κ1) is 15.0. The van der Waals surface area contributed by atoms with Crippen molar-refractivity contribution in [2.24, 2.45) is 5.73 Å². The molecule has 1 aromatic carbocycles. The topological polar surface area (TPSA) is 82.6 Å². The van der Waals surface area contributed by atoms with Crippen LogP contribution in [0.15, 0.2) is 30.3 Å². The molecule has 5 nitrogen and oxygen atoms in total. The third-order valence-electron chi connectivity index (χ3n) is 3.83. The average molecular weight is 277 g/mol. The van der Waals surface area contributed by atoms with Crippen molar-refractivity contribution >= 4 is 5.84 Å². The Balaban J connectivity index is 2.09. The number of nitrogens with zero attached hydrogens (tertiary/aromatic N) is 1. The average Bonchev–Trinajstić information content (AvgIpc) is 2.47. The monoisotopic (exact) mass is 277 g/mol. The molecule has 0 aromatic heterocycles. The summed E-state index contributed by atoms with van der Waals surface area (Å²) in [6, 6.07) is 10.2. The van der Waals surface area contributed by atoms with E-state index in [9.17, 15) is 5.11 Å². The molecule has 0 spiro atoms. The molecule has 0 bridgehead atoms. The zero-order valence-electron chi connectivity index (χ0n) is 11.8. The lowest BCUT2D eigenvalue weighted by Crippen LogP contribution is -2.51. The molecule has 1 fully saturated rings. The lowest BCUT2D eigenvalue weighted by atomic mass is 9.96. The van der Waals surface area contributed by atoms with Gasteiger partial charge in [0.15, 0.2) is 0 Å². The van der Waals surface area contributed by atoms with Crippen LogP contribution in [0.2, 0.25) is 0 Å². The smallest absolute Gasteiger partial charge is 0.0995 e. The van der Waals surface area contributed by atoms with Gasteiger partial charge in [0.25, 0.3) is 0 Å². The van der Waals surface area contributed by atoms with Gasteiger partial charge in [-0.05, 0) is 12.5 Å². The second-order valence-electron chi connectivity index (χ2n) is 5.36. The van der Waals surface area contributed by atoms with Crippen molar-refractivity contribution in [1.29, 1.82) is 5.41 Å². The van der Waals surface area contributed by atoms with Gasteiger partial charge < -0.3 is 15.6 Å². The van der Waals surface area contributed by atoms with E-state index in [0.717, 1.165) is 5.56 Å². The summed E-state index contributed by atoms with van der Waals surface area (Å²) < 4.78 is 5.54. The highest BCUT2D eigenvalue weighted by molar-refractivity contribution is 5.84. The summed E-state index contributed by atoms with van der Waals surface area (Å²) in [7, 11) is 0. The minimum absolute atomic E-state index is 0.0271. The van der Waals surface area contributed by atoms with Crippen LogP contribution in [-0.2, 0) is 4.74 Å². The van der Waals surface area contributed by atoms with E-state index in [-0.39, 0.29) is 30.5 Å². The van der Waals surface area contributed by atoms with Crippen molar-refractivity contribution in [2.75, 3.05) is 26.3 Å². The van der Waals surface area contributed by atoms with Gasteiger partial charge in [-0.2, -0.15) is 0 Å². The fourth-order valence-corrected chi connectivity index (χ4v) is 2.54. The number of nitrogens with two attached hydrogens (primary N) is 1. The summed E-state index contributed by atoms with van der Waals surface area (Å²) in [5, 5.41) is 17.1. The molecule has 3 unspecified atom stereocenters. The maximum absolute atomic E-state index is 9.24. The maximum atomic E-state index is 9.24. The largest absolute Gasteiger partial charge is 0.394 e. The molecule has 2 rings (SSSR count). The molecule has 0 amide bonds. The van der Waals surface area contributed by atoms with Crippen LogP contribution in [0.4, 0.5) is 0 Å². The molecule has 0 radical (unpaired) electrons. The Hall–Kier alpha value is -1.43. The van der Waals surface area contributed by atoms with Gasteiger partial charge in [0.2, 0.25) is 0 Å². The first-order valence-electron chi connectivity index (χ1n) is 6.97. The number of benzene rings is 1. The quantitative estimate of drug-likeness (QED) is 0.549. The number of hydrogen-bond donors (Lipinski definition) is 3. The molecule has 5 heteroatoms. The first-order valence-corrected chi connectivity index (χ1v) is 6.97. The zero-order chi connectivity index (χ0) is 14.5. The van der Waals surface area contributed by atoms with E-state index in [0.29, 0.717) is 19.7 Å². The van der Waals surface area contributed by atoms with Gasteiger partial charge in [0.05, 0.1) is 31.1 Å². The van der Waals surface area contributed by atoms with Gasteiger partial charge in [-0.25, -0.2) is 0 Å². The number of aliphatic hydroxyl groups is 1. The molecule has 3 atom stereocenters. The summed E-state index contributed by atoms with van der Waals surface area (Å²) in [4.78, 5) is 2.24. The third kappa shape index (κ3) is 3.56. The molecule has 1 aromatic rings. The Labute approximate surface area is 119 Å². The van der Waals surface area contributed by atoms with E-state index in [1.807, 2.05) is 30.3 Å². The molecule has 1 aliphatic heterocycles. The van der Waals surface area contributed by atoms with Crippen molar-refractivity contribution in [1.82, 2.24) is 4.90 Å². The molecule has 1 saturated heterocycles. The van der Waals surface area contributed by atoms with E-state index in [4.69, 9.17) is 15.9 Å². The highest BCUT2D eigenvalue weighted by Gasteiger charge is 2.28. The highest BCUT2D eigenvalue weighted by Crippen LogP contribution is 2.20. The van der Waals surface area contributed by atoms with E-state index in [1.54, 1.807) is 0 Å². The Morgan fingerprint density at radius 2 is 2.20 bits per heavy atom. The fraction of sp³-hybridized carbons (Fsp3) is 0.533. The van der Waals surface area contributed by atoms with E-state index >= 15 is 0 Å². The molecular weight excluding hydrogens is 254 g/mol. The van der Waals surface area contributed by atoms with Crippen molar-refractivity contribution < 1.29 is 9.84 Å². The Morgan fingerprint density at radius 1 is 1.50 bits per heavy atom. The number of amidine groups is 1. The minimum Gasteiger partial charge on any atom is -0.394 e. The van der Waals surface area contributed by atoms with Crippen LogP contribution in [0.5, 0.6) is 0 Å². The van der Waals surface area contributed by atoms with Crippen LogP contribution in [-0.4, -0.2) is 54.3 Å². The van der Waals surface area contributed by atoms with Crippen LogP contribution in [0.25, 0.3) is 0 Å². The predicted molar refractivity (Wildman–Crippen MR) is 79.0 cm³/mol. The van der Waals surface area contributed by atoms with Crippen molar-refractivity contribution in [3.8, 4) is 0 Å². The van der Waals surface area contributed by atoms with Crippen LogP contribution in [0.1, 0.15) is 18.4 Å². The molecule has 0 aliphatic carbocycles. The van der Waals surface area contributed by atoms with Crippen LogP contribution in [0, 0.1) is 5.41 Å². The standard InChI is InChI=1S/C15H23N3O2/c1-11-10-20-13(9-19)7-18(11)8-14(15(16)17)12-5-3-2-4-6-12/h2-6,11,13-14,19H,7-10H2,1H3,(H3,16,17). The number of morpholine rings is 1. The second-order valence-corrected chi connectivity index (χ2v) is 5.36. The summed E-state index contributed by atoms with van der Waals surface area (Å²) in [6.07, 6.45) is -0.144. The minimum atomic E-state index is -0.144. The maximum Gasteiger partial charge on any atom is 0.0995 e. The predicted octanol–water partition coefficient (Wildman–Crippen LogP) is 0.788. The summed E-state index contributed by atoms with van der Waals surface area (Å²) in [6.45, 7) is 4.08. The summed E-state index contributed by atoms with van der Waals surface area (Å²) in [5.41, 5.74) is 6.83. The molecule has 1 aliphatic rings. The number of ether oxygens (including phenoxy) is 1. The van der Waals surface area contributed by atoms with Gasteiger partial charge >= 0.3 is 0 Å². The number of nitrogens with one attached hydrogen (secondary N) is 1. The molecule has 4 N–H and O–H groups in total. The second kappa shape index (κ2) is 6.83. The number of hydrogen-bond acceptors (Lipinski definition) is 4. The fourth-order valence-electron chi connectivity index (χ4n) is 2.54. The van der Waals surface area contributed by atoms with Gasteiger partial charge in [0, 0.05) is 19.1 Å². The van der Waals surface area contributed by atoms with Gasteiger partial charge in [-0.15, -0.1) is 0 Å². The Bertz CT molecular complexity index is 438. The lowest BCUT2D eigenvalue weighted by Gasteiger charge is -2.39. The Kier molecular flexibility index (Phi) is 5.11. The summed E-state index contributed by atoms with van der Waals surface area (Å²) >= 11 is 0. The van der Waals surface area contributed by atoms with Crippen molar-refractivity contribution in [3.63, 3.8) is 0 Å². The first-order chi connectivity index (χ1) is 9.61.